The van der Waals surface area contributed by atoms with Crippen molar-refractivity contribution < 1.29 is 0 Å². The first-order valence-corrected chi connectivity index (χ1v) is 5.98. The summed E-state index contributed by atoms with van der Waals surface area (Å²) in [4.78, 5) is 4.94. The van der Waals surface area contributed by atoms with Crippen LogP contribution < -0.4 is 0 Å². The molecular weight excluding hydrogens is 216 g/mol. The van der Waals surface area contributed by atoms with Gasteiger partial charge >= 0.3 is 0 Å². The minimum Gasteiger partial charge on any atom is -0.264 e. The fourth-order valence-corrected chi connectivity index (χ4v) is 2.06. The molecule has 0 amide bonds. The highest BCUT2D eigenvalue weighted by Gasteiger charge is 2.08. The topological polar surface area (TPSA) is 36.7 Å². The van der Waals surface area contributed by atoms with E-state index in [1.165, 1.54) is 11.8 Å². The van der Waals surface area contributed by atoms with Gasteiger partial charge < -0.3 is 0 Å². The third kappa shape index (κ3) is 1.93. The number of hydrogen-bond donors (Lipinski definition) is 0. The molecule has 16 heavy (non-hydrogen) atoms. The molecule has 2 rings (SSSR count). The predicted octanol–water partition coefficient (Wildman–Crippen LogP) is 3.14. The number of hydrogen-bond acceptors (Lipinski definition) is 3. The first-order valence-electron chi connectivity index (χ1n) is 4.76. The first kappa shape index (κ1) is 10.7. The van der Waals surface area contributed by atoms with Gasteiger partial charge in [-0.05, 0) is 18.4 Å². The summed E-state index contributed by atoms with van der Waals surface area (Å²) < 4.78 is 0. The van der Waals surface area contributed by atoms with Crippen molar-refractivity contribution >= 4 is 11.8 Å². The van der Waals surface area contributed by atoms with Gasteiger partial charge in [-0.2, -0.15) is 5.26 Å². The lowest BCUT2D eigenvalue weighted by Gasteiger charge is -2.06. The van der Waals surface area contributed by atoms with Crippen LogP contribution in [0.5, 0.6) is 0 Å². The number of benzene rings is 1. The van der Waals surface area contributed by atoms with Crippen molar-refractivity contribution in [2.75, 3.05) is 6.26 Å². The Hall–Kier alpha value is -1.79. The Morgan fingerprint density at radius 3 is 2.94 bits per heavy atom. The summed E-state index contributed by atoms with van der Waals surface area (Å²) in [5.41, 5.74) is 2.55. The van der Waals surface area contributed by atoms with Crippen molar-refractivity contribution in [3.63, 3.8) is 0 Å². The van der Waals surface area contributed by atoms with Crippen LogP contribution in [0.4, 0.5) is 0 Å². The zero-order chi connectivity index (χ0) is 11.4. The minimum absolute atomic E-state index is 0.669. The molecule has 2 nitrogen and oxygen atoms in total. The van der Waals surface area contributed by atoms with E-state index in [0.29, 0.717) is 5.56 Å². The Balaban J connectivity index is 2.63. The Bertz CT molecular complexity index is 529. The van der Waals surface area contributed by atoms with E-state index in [4.69, 9.17) is 0 Å². The lowest BCUT2D eigenvalue weighted by atomic mass is 10.0. The van der Waals surface area contributed by atoms with E-state index < -0.39 is 0 Å². The molecule has 0 N–H and O–H groups in total. The van der Waals surface area contributed by atoms with Crippen molar-refractivity contribution in [3.05, 3.63) is 48.3 Å². The van der Waals surface area contributed by atoms with Gasteiger partial charge in [0.1, 0.15) is 6.07 Å². The summed E-state index contributed by atoms with van der Waals surface area (Å²) in [6.45, 7) is 0. The molecule has 0 fully saturated rings. The van der Waals surface area contributed by atoms with Crippen LogP contribution in [-0.4, -0.2) is 11.2 Å². The predicted molar refractivity (Wildman–Crippen MR) is 65.0 cm³/mol. The maximum absolute atomic E-state index is 9.19. The molecule has 2 aromatic rings. The van der Waals surface area contributed by atoms with Gasteiger partial charge in [0.2, 0.25) is 0 Å². The zero-order valence-corrected chi connectivity index (χ0v) is 9.58. The molecule has 1 radical (unpaired) electrons. The number of nitriles is 1. The van der Waals surface area contributed by atoms with Crippen LogP contribution in [0.3, 0.4) is 0 Å². The highest BCUT2D eigenvalue weighted by molar-refractivity contribution is 7.98. The van der Waals surface area contributed by atoms with Gasteiger partial charge in [0.15, 0.2) is 0 Å². The quantitative estimate of drug-likeness (QED) is 0.737. The van der Waals surface area contributed by atoms with Gasteiger partial charge in [-0.3, -0.25) is 4.98 Å². The van der Waals surface area contributed by atoms with Crippen LogP contribution in [0.2, 0.25) is 0 Å². The zero-order valence-electron chi connectivity index (χ0n) is 8.77. The van der Waals surface area contributed by atoms with Crippen molar-refractivity contribution in [1.82, 2.24) is 4.98 Å². The number of thioether (sulfide) groups is 1. The second-order valence-corrected chi connectivity index (χ2v) is 3.97. The third-order valence-electron chi connectivity index (χ3n) is 2.25. The molecule has 0 unspecified atom stereocenters. The van der Waals surface area contributed by atoms with E-state index in [2.05, 4.69) is 17.1 Å². The summed E-state index contributed by atoms with van der Waals surface area (Å²) >= 11 is 1.53. The maximum Gasteiger partial charge on any atom is 0.101 e. The summed E-state index contributed by atoms with van der Waals surface area (Å²) in [7, 11) is 0. The molecule has 0 aliphatic carbocycles. The maximum atomic E-state index is 9.19. The number of pyridine rings is 1. The molecular formula is C13H9N2S. The Morgan fingerprint density at radius 1 is 1.44 bits per heavy atom. The van der Waals surface area contributed by atoms with Gasteiger partial charge in [0, 0.05) is 28.4 Å². The number of rotatable bonds is 2. The molecule has 0 saturated carbocycles. The highest BCUT2D eigenvalue weighted by atomic mass is 32.2. The third-order valence-corrected chi connectivity index (χ3v) is 2.98. The molecule has 0 aliphatic heterocycles. The van der Waals surface area contributed by atoms with Gasteiger partial charge in [0.25, 0.3) is 0 Å². The van der Waals surface area contributed by atoms with E-state index in [1.807, 2.05) is 30.5 Å². The summed E-state index contributed by atoms with van der Waals surface area (Å²) in [5.74, 6) is 0. The van der Waals surface area contributed by atoms with Gasteiger partial charge in [-0.1, -0.05) is 18.2 Å². The second-order valence-electron chi connectivity index (χ2n) is 3.15. The molecule has 77 valence electrons. The van der Waals surface area contributed by atoms with Gasteiger partial charge in [0.05, 0.1) is 5.56 Å². The average molecular weight is 225 g/mol. The largest absolute Gasteiger partial charge is 0.264 e. The molecule has 1 aromatic heterocycles. The number of nitrogens with zero attached hydrogens (tertiary/aromatic N) is 2. The Labute approximate surface area is 99.0 Å². The molecule has 0 saturated heterocycles. The Morgan fingerprint density at radius 2 is 2.31 bits per heavy atom. The van der Waals surface area contributed by atoms with Crippen LogP contribution in [0.15, 0.2) is 41.6 Å². The van der Waals surface area contributed by atoms with Crippen molar-refractivity contribution in [2.45, 2.75) is 4.90 Å². The standard InChI is InChI=1S/C13H9N2S/c1-16-13-6-2-5-11(12(13)8-14)10-4-3-7-15-9-10/h2-5,7,9H,1H3. The molecule has 1 aromatic carbocycles. The normalized spacial score (nSPS) is 9.75. The molecule has 3 heteroatoms. The van der Waals surface area contributed by atoms with E-state index >= 15 is 0 Å². The highest BCUT2D eigenvalue weighted by Crippen LogP contribution is 2.29. The molecule has 0 aliphatic rings. The summed E-state index contributed by atoms with van der Waals surface area (Å²) in [6.07, 6.45) is 5.43. The first-order chi connectivity index (χ1) is 7.86. The van der Waals surface area contributed by atoms with Crippen molar-refractivity contribution in [3.8, 4) is 17.2 Å². The van der Waals surface area contributed by atoms with E-state index in [-0.39, 0.29) is 0 Å². The van der Waals surface area contributed by atoms with Crippen LogP contribution in [0.25, 0.3) is 11.1 Å². The van der Waals surface area contributed by atoms with Crippen LogP contribution in [-0.2, 0) is 0 Å². The van der Waals surface area contributed by atoms with Crippen molar-refractivity contribution in [1.29, 1.82) is 5.26 Å². The SMILES string of the molecule is CSc1[c]ccc(-c2cccnc2)c1C#N. The molecule has 0 atom stereocenters. The summed E-state index contributed by atoms with van der Waals surface area (Å²) in [5, 5.41) is 9.19. The summed E-state index contributed by atoms with van der Waals surface area (Å²) in [6, 6.07) is 12.9. The van der Waals surface area contributed by atoms with Crippen LogP contribution in [0.1, 0.15) is 5.56 Å². The fraction of sp³-hybridized carbons (Fsp3) is 0.0769. The second kappa shape index (κ2) is 4.82. The monoisotopic (exact) mass is 225 g/mol. The van der Waals surface area contributed by atoms with E-state index in [9.17, 15) is 5.26 Å². The minimum atomic E-state index is 0.669. The van der Waals surface area contributed by atoms with Crippen molar-refractivity contribution in [2.24, 2.45) is 0 Å². The molecule has 1 heterocycles. The fourth-order valence-electron chi connectivity index (χ4n) is 1.51. The lowest BCUT2D eigenvalue weighted by Crippen LogP contribution is -1.88. The number of aromatic nitrogens is 1. The Kier molecular flexibility index (Phi) is 3.23. The average Bonchev–Trinajstić information content (AvgIpc) is 2.38. The molecule has 0 spiro atoms. The smallest absolute Gasteiger partial charge is 0.101 e. The van der Waals surface area contributed by atoms with Gasteiger partial charge in [-0.15, -0.1) is 11.8 Å². The van der Waals surface area contributed by atoms with Crippen LogP contribution >= 0.6 is 11.8 Å². The van der Waals surface area contributed by atoms with Gasteiger partial charge in [-0.25, -0.2) is 0 Å². The van der Waals surface area contributed by atoms with E-state index in [1.54, 1.807) is 12.4 Å². The molecule has 0 bridgehead atoms. The van der Waals surface area contributed by atoms with E-state index in [0.717, 1.165) is 16.0 Å². The van der Waals surface area contributed by atoms with Crippen LogP contribution in [0, 0.1) is 17.4 Å². The lowest BCUT2D eigenvalue weighted by molar-refractivity contribution is 1.31.